The number of likely N-dealkylation sites (tertiary alicyclic amines) is 2. The van der Waals surface area contributed by atoms with Crippen LogP contribution < -0.4 is 5.32 Å². The number of nitrogens with one attached hydrogen (secondary N) is 1. The fraction of sp³-hybridized carbons (Fsp3) is 0.550. The van der Waals surface area contributed by atoms with Crippen molar-refractivity contribution in [3.63, 3.8) is 0 Å². The zero-order chi connectivity index (χ0) is 19.3. The summed E-state index contributed by atoms with van der Waals surface area (Å²) >= 11 is 0. The van der Waals surface area contributed by atoms with E-state index in [2.05, 4.69) is 22.2 Å². The average molecular weight is 373 g/mol. The number of nitrogens with zero attached hydrogens (tertiary/aromatic N) is 2. The van der Waals surface area contributed by atoms with Gasteiger partial charge in [-0.15, -0.1) is 0 Å². The third-order valence-electron chi connectivity index (χ3n) is 5.56. The van der Waals surface area contributed by atoms with Gasteiger partial charge in [-0.1, -0.05) is 30.3 Å². The number of carbonyl (C=O) groups is 3. The Morgan fingerprint density at radius 3 is 2.56 bits per heavy atom. The fourth-order valence-electron chi connectivity index (χ4n) is 4.16. The number of methoxy groups -OCH3 is 1. The lowest BCUT2D eigenvalue weighted by molar-refractivity contribution is -0.145. The Bertz CT molecular complexity index is 694. The van der Waals surface area contributed by atoms with Crippen LogP contribution >= 0.6 is 0 Å². The van der Waals surface area contributed by atoms with Gasteiger partial charge in [-0.2, -0.15) is 0 Å². The van der Waals surface area contributed by atoms with Gasteiger partial charge in [0.05, 0.1) is 7.11 Å². The summed E-state index contributed by atoms with van der Waals surface area (Å²) in [4.78, 5) is 40.7. The van der Waals surface area contributed by atoms with Crippen LogP contribution in [0.1, 0.15) is 31.2 Å². The smallest absolute Gasteiger partial charge is 0.325 e. The van der Waals surface area contributed by atoms with Gasteiger partial charge in [0.25, 0.3) is 0 Å². The monoisotopic (exact) mass is 373 g/mol. The second kappa shape index (κ2) is 8.41. The molecule has 7 nitrogen and oxygen atoms in total. The predicted octanol–water partition coefficient (Wildman–Crippen LogP) is 1.57. The standard InChI is InChI=1S/C20H27N3O4/c1-27-17(24)15-21-19(26)23-13-6-11-20(23)10-5-12-22(18(20)25)14-9-16-7-3-2-4-8-16/h2-4,7-8H,5-6,9-15H2,1H3,(H,21,26). The lowest BCUT2D eigenvalue weighted by Crippen LogP contribution is -2.63. The van der Waals surface area contributed by atoms with Crippen LogP contribution in [0.3, 0.4) is 0 Å². The molecule has 2 fully saturated rings. The highest BCUT2D eigenvalue weighted by atomic mass is 16.5. The lowest BCUT2D eigenvalue weighted by Gasteiger charge is -2.44. The maximum atomic E-state index is 13.3. The molecular weight excluding hydrogens is 346 g/mol. The Hall–Kier alpha value is -2.57. The summed E-state index contributed by atoms with van der Waals surface area (Å²) in [6.07, 6.45) is 3.83. The molecule has 0 saturated carbocycles. The summed E-state index contributed by atoms with van der Waals surface area (Å²) < 4.78 is 4.57. The van der Waals surface area contributed by atoms with Crippen LogP contribution in [0.2, 0.25) is 0 Å². The first-order valence-corrected chi connectivity index (χ1v) is 9.52. The highest BCUT2D eigenvalue weighted by Crippen LogP contribution is 2.38. The van der Waals surface area contributed by atoms with Crippen molar-refractivity contribution in [3.05, 3.63) is 35.9 Å². The van der Waals surface area contributed by atoms with Crippen LogP contribution in [0, 0.1) is 0 Å². The number of hydrogen-bond acceptors (Lipinski definition) is 4. The second-order valence-electron chi connectivity index (χ2n) is 7.15. The van der Waals surface area contributed by atoms with Gasteiger partial charge in [0.1, 0.15) is 12.1 Å². The molecule has 1 atom stereocenters. The van der Waals surface area contributed by atoms with Crippen molar-refractivity contribution in [3.8, 4) is 0 Å². The number of esters is 1. The molecule has 0 aliphatic carbocycles. The Balaban J connectivity index is 1.66. The van der Waals surface area contributed by atoms with Crippen molar-refractivity contribution in [2.75, 3.05) is 33.3 Å². The van der Waals surface area contributed by atoms with Crippen LogP contribution in [0.25, 0.3) is 0 Å². The van der Waals surface area contributed by atoms with E-state index in [1.807, 2.05) is 23.1 Å². The van der Waals surface area contributed by atoms with Crippen LogP contribution in [0.5, 0.6) is 0 Å². The van der Waals surface area contributed by atoms with Crippen molar-refractivity contribution >= 4 is 17.9 Å². The number of rotatable bonds is 5. The molecule has 0 aromatic heterocycles. The van der Waals surface area contributed by atoms with E-state index in [0.717, 1.165) is 25.8 Å². The highest BCUT2D eigenvalue weighted by molar-refractivity contribution is 5.93. The molecule has 146 valence electrons. The first kappa shape index (κ1) is 19.2. The summed E-state index contributed by atoms with van der Waals surface area (Å²) in [5.41, 5.74) is 0.429. The highest BCUT2D eigenvalue weighted by Gasteiger charge is 2.52. The Kier molecular flexibility index (Phi) is 5.98. The first-order valence-electron chi connectivity index (χ1n) is 9.52. The molecule has 0 radical (unpaired) electrons. The van der Waals surface area contributed by atoms with Crippen molar-refractivity contribution in [1.82, 2.24) is 15.1 Å². The molecule has 1 spiro atoms. The summed E-state index contributed by atoms with van der Waals surface area (Å²) in [6.45, 7) is 1.73. The SMILES string of the molecule is COC(=O)CNC(=O)N1CCCC12CCCN(CCc1ccccc1)C2=O. The van der Waals surface area contributed by atoms with Gasteiger partial charge < -0.3 is 19.9 Å². The van der Waals surface area contributed by atoms with Gasteiger partial charge in [0, 0.05) is 19.6 Å². The molecule has 2 saturated heterocycles. The average Bonchev–Trinajstić information content (AvgIpc) is 3.12. The molecule has 7 heteroatoms. The molecule has 0 bridgehead atoms. The van der Waals surface area contributed by atoms with Gasteiger partial charge in [-0.05, 0) is 37.7 Å². The Morgan fingerprint density at radius 1 is 1.15 bits per heavy atom. The van der Waals surface area contributed by atoms with E-state index < -0.39 is 11.5 Å². The van der Waals surface area contributed by atoms with Gasteiger partial charge in [0.15, 0.2) is 0 Å². The number of carbonyl (C=O) groups excluding carboxylic acids is 3. The van der Waals surface area contributed by atoms with Crippen molar-refractivity contribution in [2.24, 2.45) is 0 Å². The largest absolute Gasteiger partial charge is 0.468 e. The quantitative estimate of drug-likeness (QED) is 0.795. The molecule has 1 aromatic carbocycles. The number of hydrogen-bond donors (Lipinski definition) is 1. The number of piperidine rings is 1. The van der Waals surface area contributed by atoms with Gasteiger partial charge in [-0.25, -0.2) is 4.79 Å². The fourth-order valence-corrected chi connectivity index (χ4v) is 4.16. The van der Waals surface area contributed by atoms with E-state index in [4.69, 9.17) is 0 Å². The summed E-state index contributed by atoms with van der Waals surface area (Å²) in [7, 11) is 1.28. The molecule has 1 aromatic rings. The predicted molar refractivity (Wildman–Crippen MR) is 100 cm³/mol. The van der Waals surface area contributed by atoms with Crippen LogP contribution in [-0.4, -0.2) is 66.5 Å². The minimum Gasteiger partial charge on any atom is -0.468 e. The third-order valence-corrected chi connectivity index (χ3v) is 5.56. The van der Waals surface area contributed by atoms with E-state index in [9.17, 15) is 14.4 Å². The van der Waals surface area contributed by atoms with Crippen molar-refractivity contribution < 1.29 is 19.1 Å². The molecule has 2 aliphatic rings. The van der Waals surface area contributed by atoms with E-state index in [0.29, 0.717) is 25.9 Å². The van der Waals surface area contributed by atoms with Crippen LogP contribution in [0.4, 0.5) is 4.79 Å². The number of benzene rings is 1. The topological polar surface area (TPSA) is 79.0 Å². The number of urea groups is 1. The number of amides is 3. The van der Waals surface area contributed by atoms with E-state index in [1.165, 1.54) is 12.7 Å². The lowest BCUT2D eigenvalue weighted by atomic mass is 9.85. The van der Waals surface area contributed by atoms with E-state index in [-0.39, 0.29) is 18.5 Å². The molecule has 1 unspecified atom stereocenters. The van der Waals surface area contributed by atoms with Gasteiger partial charge in [0.2, 0.25) is 5.91 Å². The van der Waals surface area contributed by atoms with Crippen LogP contribution in [-0.2, 0) is 20.7 Å². The minimum absolute atomic E-state index is 0.0374. The maximum Gasteiger partial charge on any atom is 0.325 e. The van der Waals surface area contributed by atoms with E-state index >= 15 is 0 Å². The molecule has 2 heterocycles. The van der Waals surface area contributed by atoms with Gasteiger partial charge in [-0.3, -0.25) is 9.59 Å². The number of ether oxygens (including phenoxy) is 1. The summed E-state index contributed by atoms with van der Waals surface area (Å²) in [5, 5.41) is 2.58. The van der Waals surface area contributed by atoms with Crippen molar-refractivity contribution in [2.45, 2.75) is 37.6 Å². The maximum absolute atomic E-state index is 13.3. The Morgan fingerprint density at radius 2 is 1.85 bits per heavy atom. The third kappa shape index (κ3) is 4.07. The summed E-state index contributed by atoms with van der Waals surface area (Å²) in [5.74, 6) is -0.466. The zero-order valence-corrected chi connectivity index (χ0v) is 15.8. The molecule has 3 rings (SSSR count). The normalized spacial score (nSPS) is 22.2. The molecule has 2 aliphatic heterocycles. The zero-order valence-electron chi connectivity index (χ0n) is 15.8. The van der Waals surface area contributed by atoms with E-state index in [1.54, 1.807) is 4.90 Å². The van der Waals surface area contributed by atoms with Crippen LogP contribution in [0.15, 0.2) is 30.3 Å². The first-order chi connectivity index (χ1) is 13.1. The molecule has 3 amide bonds. The molecular formula is C20H27N3O4. The minimum atomic E-state index is -0.769. The van der Waals surface area contributed by atoms with Gasteiger partial charge >= 0.3 is 12.0 Å². The second-order valence-corrected chi connectivity index (χ2v) is 7.15. The van der Waals surface area contributed by atoms with Crippen molar-refractivity contribution in [1.29, 1.82) is 0 Å². The molecule has 1 N–H and O–H groups in total. The summed E-state index contributed by atoms with van der Waals surface area (Å²) in [6, 6.07) is 9.74. The Labute approximate surface area is 159 Å². The molecule has 27 heavy (non-hydrogen) atoms.